The van der Waals surface area contributed by atoms with Gasteiger partial charge in [0.1, 0.15) is 12.2 Å². The molecule has 0 aliphatic heterocycles. The van der Waals surface area contributed by atoms with Crippen molar-refractivity contribution in [3.8, 4) is 0 Å². The van der Waals surface area contributed by atoms with E-state index in [9.17, 15) is 9.59 Å². The second kappa shape index (κ2) is 7.57. The molecular formula is C26H28O4. The van der Waals surface area contributed by atoms with Gasteiger partial charge in [0, 0.05) is 11.8 Å². The Hall–Kier alpha value is -2.62. The van der Waals surface area contributed by atoms with E-state index < -0.39 is 0 Å². The first-order valence-corrected chi connectivity index (χ1v) is 11.1. The van der Waals surface area contributed by atoms with Crippen LogP contribution >= 0.6 is 0 Å². The molecule has 2 aromatic rings. The Morgan fingerprint density at radius 1 is 0.667 bits per heavy atom. The lowest BCUT2D eigenvalue weighted by Crippen LogP contribution is -2.45. The Labute approximate surface area is 177 Å². The molecule has 3 aliphatic rings. The molecule has 4 nitrogen and oxygen atoms in total. The van der Waals surface area contributed by atoms with E-state index in [0.717, 1.165) is 17.5 Å². The molecule has 0 radical (unpaired) electrons. The lowest BCUT2D eigenvalue weighted by atomic mass is 9.78. The molecule has 0 aromatic heterocycles. The van der Waals surface area contributed by atoms with Gasteiger partial charge in [0.2, 0.25) is 0 Å². The van der Waals surface area contributed by atoms with Gasteiger partial charge in [-0.2, -0.15) is 0 Å². The smallest absolute Gasteiger partial charge is 0.338 e. The monoisotopic (exact) mass is 404 g/mol. The highest BCUT2D eigenvalue weighted by molar-refractivity contribution is 5.90. The van der Waals surface area contributed by atoms with Gasteiger partial charge >= 0.3 is 11.9 Å². The number of hydrogen-bond acceptors (Lipinski definition) is 4. The van der Waals surface area contributed by atoms with E-state index in [1.165, 1.54) is 19.3 Å². The van der Waals surface area contributed by atoms with Gasteiger partial charge in [-0.05, 0) is 69.2 Å². The third-order valence-corrected chi connectivity index (χ3v) is 7.50. The number of carbonyl (C=O) groups excluding carboxylic acids is 2. The summed E-state index contributed by atoms with van der Waals surface area (Å²) >= 11 is 0. The number of rotatable bonds is 4. The van der Waals surface area contributed by atoms with Gasteiger partial charge in [0.25, 0.3) is 0 Å². The van der Waals surface area contributed by atoms with Crippen LogP contribution in [0.15, 0.2) is 48.5 Å². The summed E-state index contributed by atoms with van der Waals surface area (Å²) in [7, 11) is 0. The van der Waals surface area contributed by atoms with Crippen molar-refractivity contribution in [3.63, 3.8) is 0 Å². The zero-order valence-corrected chi connectivity index (χ0v) is 17.5. The molecule has 5 rings (SSSR count). The quantitative estimate of drug-likeness (QED) is 0.664. The standard InChI is InChI=1S/C26H28O4/c1-15-6-10-17(11-7-15)25(27)29-23-21-14-22(20-5-3-4-19(20)21)24(23)30-26(28)18-12-8-16(2)9-13-18/h6-13,19-24H,3-5,14H2,1-2H3. The Morgan fingerprint density at radius 3 is 1.47 bits per heavy atom. The summed E-state index contributed by atoms with van der Waals surface area (Å²) in [5, 5.41) is 0. The van der Waals surface area contributed by atoms with Crippen molar-refractivity contribution in [1.82, 2.24) is 0 Å². The molecule has 0 N–H and O–H groups in total. The van der Waals surface area contributed by atoms with Crippen LogP contribution in [-0.2, 0) is 9.47 Å². The topological polar surface area (TPSA) is 52.6 Å². The number of fused-ring (bicyclic) bond motifs is 5. The van der Waals surface area contributed by atoms with Crippen molar-refractivity contribution in [3.05, 3.63) is 70.8 Å². The van der Waals surface area contributed by atoms with Crippen LogP contribution in [0.3, 0.4) is 0 Å². The van der Waals surface area contributed by atoms with Crippen molar-refractivity contribution >= 4 is 11.9 Å². The first kappa shape index (κ1) is 19.3. The SMILES string of the molecule is Cc1ccc(C(=O)OC2C3CC(C4CCCC43)C2OC(=O)c2ccc(C)cc2)cc1. The number of esters is 2. The van der Waals surface area contributed by atoms with E-state index in [0.29, 0.717) is 34.8 Å². The Balaban J connectivity index is 1.37. The molecule has 0 saturated heterocycles. The van der Waals surface area contributed by atoms with Crippen molar-refractivity contribution in [2.75, 3.05) is 0 Å². The summed E-state index contributed by atoms with van der Waals surface area (Å²) in [5.74, 6) is 1.15. The predicted molar refractivity (Wildman–Crippen MR) is 113 cm³/mol. The molecule has 6 unspecified atom stereocenters. The molecule has 0 amide bonds. The average molecular weight is 405 g/mol. The first-order valence-electron chi connectivity index (χ1n) is 11.1. The van der Waals surface area contributed by atoms with Crippen LogP contribution in [0.2, 0.25) is 0 Å². The predicted octanol–water partition coefficient (Wildman–Crippen LogP) is 5.12. The van der Waals surface area contributed by atoms with Crippen molar-refractivity contribution in [2.45, 2.75) is 51.7 Å². The molecule has 4 heteroatoms. The second-order valence-electron chi connectivity index (χ2n) is 9.29. The van der Waals surface area contributed by atoms with E-state index in [-0.39, 0.29) is 24.1 Å². The van der Waals surface area contributed by atoms with E-state index in [4.69, 9.17) is 9.47 Å². The van der Waals surface area contributed by atoms with Crippen LogP contribution in [0.1, 0.15) is 57.5 Å². The minimum absolute atomic E-state index is 0.299. The van der Waals surface area contributed by atoms with Crippen molar-refractivity contribution in [2.24, 2.45) is 23.7 Å². The van der Waals surface area contributed by atoms with E-state index >= 15 is 0 Å². The molecule has 3 aliphatic carbocycles. The van der Waals surface area contributed by atoms with Crippen molar-refractivity contribution in [1.29, 1.82) is 0 Å². The van der Waals surface area contributed by atoms with Gasteiger partial charge in [-0.25, -0.2) is 9.59 Å². The van der Waals surface area contributed by atoms with E-state index in [2.05, 4.69) is 0 Å². The van der Waals surface area contributed by atoms with Gasteiger partial charge < -0.3 is 9.47 Å². The molecule has 2 aromatic carbocycles. The van der Waals surface area contributed by atoms with Crippen LogP contribution in [0, 0.1) is 37.5 Å². The molecule has 30 heavy (non-hydrogen) atoms. The highest BCUT2D eigenvalue weighted by Crippen LogP contribution is 2.60. The summed E-state index contributed by atoms with van der Waals surface area (Å²) in [4.78, 5) is 25.7. The molecule has 0 heterocycles. The van der Waals surface area contributed by atoms with E-state index in [1.54, 1.807) is 24.3 Å². The Morgan fingerprint density at radius 2 is 1.07 bits per heavy atom. The summed E-state index contributed by atoms with van der Waals surface area (Å²) in [5.41, 5.74) is 3.31. The molecule has 3 saturated carbocycles. The molecule has 156 valence electrons. The van der Waals surface area contributed by atoms with Crippen LogP contribution < -0.4 is 0 Å². The number of benzene rings is 2. The maximum absolute atomic E-state index is 12.9. The zero-order chi connectivity index (χ0) is 20.8. The lowest BCUT2D eigenvalue weighted by Gasteiger charge is -2.37. The van der Waals surface area contributed by atoms with Crippen LogP contribution in [0.4, 0.5) is 0 Å². The summed E-state index contributed by atoms with van der Waals surface area (Å²) in [6.07, 6.45) is 3.91. The summed E-state index contributed by atoms with van der Waals surface area (Å²) < 4.78 is 12.1. The fourth-order valence-electron chi connectivity index (χ4n) is 6.06. The lowest BCUT2D eigenvalue weighted by molar-refractivity contribution is -0.0766. The maximum atomic E-state index is 12.9. The first-order chi connectivity index (χ1) is 14.5. The number of ether oxygens (including phenoxy) is 2. The van der Waals surface area contributed by atoms with Crippen LogP contribution in [0.5, 0.6) is 0 Å². The second-order valence-corrected chi connectivity index (χ2v) is 9.29. The van der Waals surface area contributed by atoms with Crippen molar-refractivity contribution < 1.29 is 19.1 Å². The summed E-state index contributed by atoms with van der Waals surface area (Å²) in [6.45, 7) is 3.98. The highest BCUT2D eigenvalue weighted by atomic mass is 16.6. The van der Waals surface area contributed by atoms with E-state index in [1.807, 2.05) is 38.1 Å². The minimum Gasteiger partial charge on any atom is -0.455 e. The van der Waals surface area contributed by atoms with Gasteiger partial charge in [0.15, 0.2) is 0 Å². The normalized spacial score (nSPS) is 31.4. The van der Waals surface area contributed by atoms with Gasteiger partial charge in [-0.3, -0.25) is 0 Å². The van der Waals surface area contributed by atoms with Crippen LogP contribution in [-0.4, -0.2) is 24.1 Å². The number of aryl methyl sites for hydroxylation is 2. The Kier molecular flexibility index (Phi) is 4.88. The zero-order valence-electron chi connectivity index (χ0n) is 17.5. The number of hydrogen-bond donors (Lipinski definition) is 0. The third kappa shape index (κ3) is 3.32. The molecule has 2 bridgehead atoms. The molecular weight excluding hydrogens is 376 g/mol. The third-order valence-electron chi connectivity index (χ3n) is 7.50. The maximum Gasteiger partial charge on any atom is 0.338 e. The molecule has 0 spiro atoms. The van der Waals surface area contributed by atoms with Crippen LogP contribution in [0.25, 0.3) is 0 Å². The molecule has 6 atom stereocenters. The highest BCUT2D eigenvalue weighted by Gasteiger charge is 2.62. The Bertz CT molecular complexity index is 869. The molecule has 3 fully saturated rings. The van der Waals surface area contributed by atoms with Gasteiger partial charge in [-0.1, -0.05) is 41.8 Å². The average Bonchev–Trinajstić information content (AvgIpc) is 3.42. The fraction of sp³-hybridized carbons (Fsp3) is 0.462. The van der Waals surface area contributed by atoms with Gasteiger partial charge in [-0.15, -0.1) is 0 Å². The minimum atomic E-state index is -0.349. The number of carbonyl (C=O) groups is 2. The van der Waals surface area contributed by atoms with Gasteiger partial charge in [0.05, 0.1) is 11.1 Å². The fourth-order valence-corrected chi connectivity index (χ4v) is 6.06. The summed E-state index contributed by atoms with van der Waals surface area (Å²) in [6, 6.07) is 14.9. The largest absolute Gasteiger partial charge is 0.455 e.